The first kappa shape index (κ1) is 31.7. The van der Waals surface area contributed by atoms with Gasteiger partial charge < -0.3 is 30.5 Å². The Hall–Kier alpha value is -3.22. The largest absolute Gasteiger partial charge is 0.478 e. The number of carboxylic acid groups (broad SMARTS) is 1. The van der Waals surface area contributed by atoms with Crippen LogP contribution in [0.3, 0.4) is 0 Å². The second kappa shape index (κ2) is 12.6. The van der Waals surface area contributed by atoms with Crippen molar-refractivity contribution in [2.45, 2.75) is 43.5 Å². The minimum Gasteiger partial charge on any atom is -0.478 e. The molecule has 0 bridgehead atoms. The number of aromatic nitrogens is 3. The fourth-order valence-electron chi connectivity index (χ4n) is 3.95. The van der Waals surface area contributed by atoms with Gasteiger partial charge in [0.25, 0.3) is 5.91 Å². The van der Waals surface area contributed by atoms with Crippen LogP contribution in [-0.4, -0.2) is 91.2 Å². The number of thioether (sulfide) groups is 2. The van der Waals surface area contributed by atoms with Crippen LogP contribution in [0.15, 0.2) is 15.8 Å². The van der Waals surface area contributed by atoms with Crippen molar-refractivity contribution in [1.82, 2.24) is 25.4 Å². The normalized spacial score (nSPS) is 22.1. The lowest BCUT2D eigenvalue weighted by molar-refractivity contribution is -0.180. The van der Waals surface area contributed by atoms with Crippen LogP contribution in [0.4, 0.5) is 5.13 Å². The molecule has 2 unspecified atom stereocenters. The van der Waals surface area contributed by atoms with Crippen molar-refractivity contribution in [3.05, 3.63) is 22.2 Å². The van der Waals surface area contributed by atoms with Crippen LogP contribution in [0.2, 0.25) is 0 Å². The lowest BCUT2D eigenvalue weighted by Crippen LogP contribution is -2.74. The molecule has 0 spiro atoms. The van der Waals surface area contributed by atoms with Gasteiger partial charge in [0.05, 0.1) is 16.7 Å². The van der Waals surface area contributed by atoms with Crippen molar-refractivity contribution in [3.8, 4) is 0 Å². The third kappa shape index (κ3) is 7.04. The van der Waals surface area contributed by atoms with E-state index < -0.39 is 58.8 Å². The number of nitrogens with one attached hydrogen (secondary N) is 1. The zero-order valence-electron chi connectivity index (χ0n) is 22.9. The molecule has 4 heterocycles. The Balaban J connectivity index is 1.46. The van der Waals surface area contributed by atoms with E-state index in [2.05, 4.69) is 20.5 Å². The van der Waals surface area contributed by atoms with Crippen molar-refractivity contribution in [1.29, 1.82) is 0 Å². The number of nitrogens with two attached hydrogens (primary N) is 1. The van der Waals surface area contributed by atoms with E-state index in [0.717, 1.165) is 16.3 Å². The zero-order chi connectivity index (χ0) is 30.8. The maximum atomic E-state index is 13.4. The second-order valence-electron chi connectivity index (χ2n) is 10.5. The van der Waals surface area contributed by atoms with Gasteiger partial charge in [-0.3, -0.25) is 19.2 Å². The maximum absolute atomic E-state index is 13.4. The maximum Gasteiger partial charge on any atom is 0.329 e. The molecule has 42 heavy (non-hydrogen) atoms. The fourth-order valence-corrected chi connectivity index (χ4v) is 8.18. The van der Waals surface area contributed by atoms with E-state index in [4.69, 9.17) is 15.2 Å². The third-order valence-electron chi connectivity index (χ3n) is 6.15. The van der Waals surface area contributed by atoms with Crippen LogP contribution < -0.4 is 11.1 Å². The molecular formula is C24H28N6O8S4. The number of β-lactam (4-membered cyclic amide) rings is 1. The van der Waals surface area contributed by atoms with Gasteiger partial charge in [-0.05, 0) is 27.7 Å². The van der Waals surface area contributed by atoms with Crippen LogP contribution in [-0.2, 0) is 33.4 Å². The number of esters is 2. The molecule has 2 aromatic rings. The third-order valence-corrected chi connectivity index (χ3v) is 10.7. The zero-order valence-corrected chi connectivity index (χ0v) is 26.2. The lowest BCUT2D eigenvalue weighted by Gasteiger charge is -2.54. The van der Waals surface area contributed by atoms with Gasteiger partial charge in [-0.2, -0.15) is 0 Å². The Morgan fingerprint density at radius 2 is 2.02 bits per heavy atom. The summed E-state index contributed by atoms with van der Waals surface area (Å²) in [4.78, 5) is 68.5. The molecule has 2 aromatic heterocycles. The molecule has 14 nitrogen and oxygen atoms in total. The summed E-state index contributed by atoms with van der Waals surface area (Å²) < 4.78 is 11.1. The van der Waals surface area contributed by atoms with Crippen LogP contribution in [0, 0.1) is 17.8 Å². The molecule has 2 saturated heterocycles. The number of nitrogens with zero attached hydrogens (tertiary/aromatic N) is 4. The van der Waals surface area contributed by atoms with E-state index in [9.17, 15) is 29.1 Å². The predicted octanol–water partition coefficient (Wildman–Crippen LogP) is 1.62. The number of hydrogen-bond donors (Lipinski definition) is 3. The lowest BCUT2D eigenvalue weighted by atomic mass is 9.89. The first-order valence-electron chi connectivity index (χ1n) is 12.4. The molecular weight excluding hydrogens is 629 g/mol. The highest BCUT2D eigenvalue weighted by atomic mass is 32.2. The SMILES string of the molecule is Cc1nnc(SCC2(C(=O)OCOC(=O)C(C)(C)C)CS[C@@H]3C(NC(=O)C(=CC(=O)O)c4csc(N)n4)C(=O)N3C2)s1. The first-order valence-corrected chi connectivity index (χ1v) is 16.1. The molecule has 3 atom stereocenters. The van der Waals surface area contributed by atoms with E-state index >= 15 is 0 Å². The monoisotopic (exact) mass is 656 g/mol. The number of aliphatic carboxylic acids is 1. The molecule has 0 saturated carbocycles. The topological polar surface area (TPSA) is 204 Å². The summed E-state index contributed by atoms with van der Waals surface area (Å²) in [6, 6.07) is -0.948. The summed E-state index contributed by atoms with van der Waals surface area (Å²) in [6.07, 6.45) is 0.707. The number of fused-ring (bicyclic) bond motifs is 1. The summed E-state index contributed by atoms with van der Waals surface area (Å²) in [5.74, 6) is -3.33. The molecule has 2 amide bonds. The van der Waals surface area contributed by atoms with Gasteiger partial charge in [-0.15, -0.1) is 33.3 Å². The average Bonchev–Trinajstić information content (AvgIpc) is 3.55. The predicted molar refractivity (Wildman–Crippen MR) is 156 cm³/mol. The van der Waals surface area contributed by atoms with Gasteiger partial charge in [0, 0.05) is 29.5 Å². The van der Waals surface area contributed by atoms with Crippen molar-refractivity contribution in [2.75, 3.05) is 30.6 Å². The molecule has 2 aliphatic rings. The molecule has 226 valence electrons. The molecule has 0 radical (unpaired) electrons. The van der Waals surface area contributed by atoms with E-state index in [-0.39, 0.29) is 34.4 Å². The van der Waals surface area contributed by atoms with Gasteiger partial charge in [-0.1, -0.05) is 23.1 Å². The van der Waals surface area contributed by atoms with Crippen LogP contribution in [0.25, 0.3) is 5.57 Å². The molecule has 2 fully saturated rings. The number of carbonyl (C=O) groups excluding carboxylic acids is 4. The minimum atomic E-state index is -1.36. The summed E-state index contributed by atoms with van der Waals surface area (Å²) >= 11 is 4.99. The highest BCUT2D eigenvalue weighted by Gasteiger charge is 2.58. The molecule has 4 rings (SSSR count). The van der Waals surface area contributed by atoms with Crippen LogP contribution in [0.1, 0.15) is 31.5 Å². The van der Waals surface area contributed by atoms with Crippen molar-refractivity contribution < 1.29 is 38.6 Å². The fraction of sp³-hybridized carbons (Fsp3) is 0.500. The Kier molecular flexibility index (Phi) is 9.49. The van der Waals surface area contributed by atoms with E-state index in [1.807, 2.05) is 6.92 Å². The highest BCUT2D eigenvalue weighted by Crippen LogP contribution is 2.45. The number of thiazole rings is 1. The number of anilines is 1. The molecule has 18 heteroatoms. The Morgan fingerprint density at radius 3 is 2.62 bits per heavy atom. The quantitative estimate of drug-likeness (QED) is 0.109. The molecule has 2 aliphatic heterocycles. The molecule has 0 aliphatic carbocycles. The van der Waals surface area contributed by atoms with Gasteiger partial charge in [0.15, 0.2) is 9.47 Å². The second-order valence-corrected chi connectivity index (χ2v) is 14.9. The van der Waals surface area contributed by atoms with Gasteiger partial charge >= 0.3 is 17.9 Å². The number of rotatable bonds is 10. The molecule has 4 N–H and O–H groups in total. The van der Waals surface area contributed by atoms with Crippen molar-refractivity contribution in [3.63, 3.8) is 0 Å². The summed E-state index contributed by atoms with van der Waals surface area (Å²) in [7, 11) is 0. The minimum absolute atomic E-state index is 0.00680. The number of carbonyl (C=O) groups is 5. The van der Waals surface area contributed by atoms with Gasteiger partial charge in [-0.25, -0.2) is 9.78 Å². The summed E-state index contributed by atoms with van der Waals surface area (Å²) in [5.41, 5.74) is 3.53. The van der Waals surface area contributed by atoms with Crippen molar-refractivity contribution in [2.24, 2.45) is 10.8 Å². The highest BCUT2D eigenvalue weighted by molar-refractivity contribution is 8.01. The number of carboxylic acids is 1. The van der Waals surface area contributed by atoms with Gasteiger partial charge in [0.1, 0.15) is 21.8 Å². The Morgan fingerprint density at radius 1 is 1.29 bits per heavy atom. The number of aryl methyl sites for hydroxylation is 1. The Labute approximate surface area is 256 Å². The summed E-state index contributed by atoms with van der Waals surface area (Å²) in [5, 5.41) is 21.8. The number of nitrogen functional groups attached to an aromatic ring is 1. The summed E-state index contributed by atoms with van der Waals surface area (Å²) in [6.45, 7) is 6.26. The molecule has 0 aromatic carbocycles. The smallest absolute Gasteiger partial charge is 0.329 e. The van der Waals surface area contributed by atoms with E-state index in [0.29, 0.717) is 10.4 Å². The number of amides is 2. The average molecular weight is 657 g/mol. The van der Waals surface area contributed by atoms with Gasteiger partial charge in [0.2, 0.25) is 12.7 Å². The van der Waals surface area contributed by atoms with E-state index in [1.54, 1.807) is 20.8 Å². The van der Waals surface area contributed by atoms with Crippen LogP contribution in [0.5, 0.6) is 0 Å². The van der Waals surface area contributed by atoms with Crippen molar-refractivity contribution >= 4 is 86.6 Å². The standard InChI is InChI=1S/C24H28N6O8S4/c1-11-28-29-22(42-11)41-9-24(20(36)38-10-37-19(35)23(2,3)4)7-30-17(34)15(18(30)40-8-24)27-16(33)12(5-14(31)32)13-6-39-21(25)26-13/h5-6,15,18H,7-10H2,1-4H3,(H2,25,26)(H,27,33)(H,31,32)/t15?,18-,24?/m1/s1. The van der Waals surface area contributed by atoms with Crippen LogP contribution >= 0.6 is 46.2 Å². The van der Waals surface area contributed by atoms with E-state index in [1.165, 1.54) is 45.1 Å². The Bertz CT molecular complexity index is 1440. The number of ether oxygens (including phenoxy) is 2. The number of hydrogen-bond acceptors (Lipinski definition) is 15. The first-order chi connectivity index (χ1) is 19.7.